The van der Waals surface area contributed by atoms with E-state index in [0.29, 0.717) is 40.1 Å². The number of benzene rings is 2. The number of rotatable bonds is 6. The van der Waals surface area contributed by atoms with Crippen molar-refractivity contribution in [3.05, 3.63) is 54.1 Å². The molecule has 0 saturated heterocycles. The number of fused-ring (bicyclic) bond motifs is 1. The first-order valence-electron chi connectivity index (χ1n) is 10.8. The SMILES string of the molecule is CC(C)[C@H]1CC[C@@H](C)C[C@H]1O[P@@](=O)(c1ccccc1)[C@H](O)c1ccc2c(c1)OCO2. The van der Waals surface area contributed by atoms with Crippen LogP contribution in [-0.2, 0) is 9.09 Å². The van der Waals surface area contributed by atoms with Crippen LogP contribution in [0.4, 0.5) is 0 Å². The van der Waals surface area contributed by atoms with Crippen LogP contribution in [0.25, 0.3) is 0 Å². The zero-order valence-corrected chi connectivity index (χ0v) is 18.8. The second-order valence-electron chi connectivity index (χ2n) is 8.89. The number of aliphatic hydroxyl groups is 1. The van der Waals surface area contributed by atoms with E-state index in [1.165, 1.54) is 0 Å². The van der Waals surface area contributed by atoms with Crippen LogP contribution in [0.5, 0.6) is 11.5 Å². The van der Waals surface area contributed by atoms with Crippen LogP contribution in [0.15, 0.2) is 48.5 Å². The van der Waals surface area contributed by atoms with Gasteiger partial charge in [0.2, 0.25) is 6.79 Å². The van der Waals surface area contributed by atoms with Gasteiger partial charge >= 0.3 is 0 Å². The second kappa shape index (κ2) is 8.74. The second-order valence-corrected chi connectivity index (χ2v) is 11.3. The van der Waals surface area contributed by atoms with E-state index in [-0.39, 0.29) is 12.9 Å². The van der Waals surface area contributed by atoms with E-state index in [1.807, 2.05) is 18.2 Å². The molecular weight excluding hydrogens is 399 g/mol. The van der Waals surface area contributed by atoms with Crippen LogP contribution >= 0.6 is 7.37 Å². The van der Waals surface area contributed by atoms with E-state index < -0.39 is 13.2 Å². The molecule has 2 aliphatic rings. The van der Waals surface area contributed by atoms with Gasteiger partial charge in [-0.1, -0.05) is 51.5 Å². The molecule has 1 N–H and O–H groups in total. The molecule has 5 nitrogen and oxygen atoms in total. The van der Waals surface area contributed by atoms with E-state index in [4.69, 9.17) is 14.0 Å². The fraction of sp³-hybridized carbons (Fsp3) is 0.500. The quantitative estimate of drug-likeness (QED) is 0.614. The van der Waals surface area contributed by atoms with Gasteiger partial charge in [-0.05, 0) is 60.4 Å². The first kappa shape index (κ1) is 21.4. The van der Waals surface area contributed by atoms with Crippen molar-refractivity contribution in [2.75, 3.05) is 6.79 Å². The monoisotopic (exact) mass is 430 g/mol. The van der Waals surface area contributed by atoms with E-state index in [0.717, 1.165) is 19.3 Å². The van der Waals surface area contributed by atoms with Crippen molar-refractivity contribution in [2.24, 2.45) is 17.8 Å². The van der Waals surface area contributed by atoms with Crippen molar-refractivity contribution in [3.63, 3.8) is 0 Å². The lowest BCUT2D eigenvalue weighted by molar-refractivity contribution is 0.0427. The van der Waals surface area contributed by atoms with Crippen molar-refractivity contribution in [1.82, 2.24) is 0 Å². The van der Waals surface area contributed by atoms with Crippen LogP contribution in [0.3, 0.4) is 0 Å². The molecule has 0 spiro atoms. The fourth-order valence-corrected chi connectivity index (χ4v) is 6.91. The van der Waals surface area contributed by atoms with E-state index in [2.05, 4.69) is 20.8 Å². The molecule has 4 rings (SSSR count). The summed E-state index contributed by atoms with van der Waals surface area (Å²) >= 11 is 0. The normalized spacial score (nSPS) is 26.4. The molecule has 0 aromatic heterocycles. The molecule has 6 heteroatoms. The Bertz CT molecular complexity index is 913. The number of ether oxygens (including phenoxy) is 2. The minimum atomic E-state index is -3.62. The van der Waals surface area contributed by atoms with E-state index in [1.54, 1.807) is 30.3 Å². The average molecular weight is 430 g/mol. The molecule has 30 heavy (non-hydrogen) atoms. The minimum absolute atomic E-state index is 0.150. The Morgan fingerprint density at radius 3 is 2.53 bits per heavy atom. The van der Waals surface area contributed by atoms with Gasteiger partial charge in [-0.25, -0.2) is 0 Å². The number of aliphatic hydroxyl groups excluding tert-OH is 1. The highest BCUT2D eigenvalue weighted by molar-refractivity contribution is 7.67. The zero-order chi connectivity index (χ0) is 21.3. The molecule has 0 unspecified atom stereocenters. The maximum Gasteiger partial charge on any atom is 0.264 e. The maximum absolute atomic E-state index is 14.4. The van der Waals surface area contributed by atoms with Crippen molar-refractivity contribution in [3.8, 4) is 11.5 Å². The minimum Gasteiger partial charge on any atom is -0.454 e. The van der Waals surface area contributed by atoms with Gasteiger partial charge in [-0.2, -0.15) is 0 Å². The summed E-state index contributed by atoms with van der Waals surface area (Å²) in [7, 11) is -3.62. The van der Waals surface area contributed by atoms with Gasteiger partial charge in [-0.15, -0.1) is 0 Å². The Kier molecular flexibility index (Phi) is 6.24. The molecule has 1 aliphatic carbocycles. The summed E-state index contributed by atoms with van der Waals surface area (Å²) in [5.41, 5.74) is 0.511. The third-order valence-corrected chi connectivity index (χ3v) is 8.93. The largest absolute Gasteiger partial charge is 0.454 e. The molecule has 1 aliphatic heterocycles. The highest BCUT2D eigenvalue weighted by Gasteiger charge is 2.43. The van der Waals surface area contributed by atoms with Gasteiger partial charge < -0.3 is 19.1 Å². The molecule has 5 atom stereocenters. The Labute approximate surface area is 178 Å². The standard InChI is InChI=1S/C24H31O5P/c1-16(2)20-11-9-17(3)13-22(20)29-30(26,19-7-5-4-6-8-19)24(25)18-10-12-21-23(14-18)28-15-27-21/h4-8,10,12,14,16-17,20,22,24-25H,9,11,13,15H2,1-3H3/t17-,20-,22-,24+,30+/m1/s1. The lowest BCUT2D eigenvalue weighted by Gasteiger charge is -2.39. The maximum atomic E-state index is 14.4. The Hall–Kier alpha value is -1.81. The highest BCUT2D eigenvalue weighted by Crippen LogP contribution is 2.60. The Morgan fingerprint density at radius 2 is 1.80 bits per heavy atom. The summed E-state index contributed by atoms with van der Waals surface area (Å²) < 4.78 is 31.7. The molecule has 0 radical (unpaired) electrons. The molecule has 162 valence electrons. The summed E-state index contributed by atoms with van der Waals surface area (Å²) in [4.78, 5) is 0. The smallest absolute Gasteiger partial charge is 0.264 e. The van der Waals surface area contributed by atoms with Gasteiger partial charge in [0.15, 0.2) is 17.3 Å². The molecule has 2 aromatic rings. The predicted molar refractivity (Wildman–Crippen MR) is 117 cm³/mol. The van der Waals surface area contributed by atoms with Crippen LogP contribution in [0.2, 0.25) is 0 Å². The number of hydrogen-bond acceptors (Lipinski definition) is 5. The van der Waals surface area contributed by atoms with Crippen LogP contribution in [0, 0.1) is 17.8 Å². The average Bonchev–Trinajstić information content (AvgIpc) is 3.21. The Balaban J connectivity index is 1.71. The summed E-state index contributed by atoms with van der Waals surface area (Å²) in [6, 6.07) is 14.3. The first-order valence-corrected chi connectivity index (χ1v) is 12.5. The third-order valence-electron chi connectivity index (χ3n) is 6.39. The zero-order valence-electron chi connectivity index (χ0n) is 17.9. The summed E-state index contributed by atoms with van der Waals surface area (Å²) in [6.45, 7) is 6.75. The summed E-state index contributed by atoms with van der Waals surface area (Å²) in [5.74, 6) is 1.16. The van der Waals surface area contributed by atoms with Crippen LogP contribution in [-0.4, -0.2) is 18.0 Å². The first-order chi connectivity index (χ1) is 14.4. The molecular formula is C24H31O5P. The Morgan fingerprint density at radius 1 is 1.07 bits per heavy atom. The van der Waals surface area contributed by atoms with Gasteiger partial charge in [-0.3, -0.25) is 4.57 Å². The topological polar surface area (TPSA) is 65.0 Å². The lowest BCUT2D eigenvalue weighted by atomic mass is 9.75. The van der Waals surface area contributed by atoms with Crippen molar-refractivity contribution in [1.29, 1.82) is 0 Å². The predicted octanol–water partition coefficient (Wildman–Crippen LogP) is 5.49. The van der Waals surface area contributed by atoms with Crippen molar-refractivity contribution < 1.29 is 23.7 Å². The molecule has 1 fully saturated rings. The molecule has 1 heterocycles. The van der Waals surface area contributed by atoms with Crippen molar-refractivity contribution >= 4 is 12.7 Å². The van der Waals surface area contributed by atoms with E-state index in [9.17, 15) is 9.67 Å². The van der Waals surface area contributed by atoms with Gasteiger partial charge in [0.25, 0.3) is 7.37 Å². The van der Waals surface area contributed by atoms with Crippen LogP contribution < -0.4 is 14.8 Å². The summed E-state index contributed by atoms with van der Waals surface area (Å²) in [5, 5.41) is 11.9. The number of hydrogen-bond donors (Lipinski definition) is 1. The van der Waals surface area contributed by atoms with E-state index >= 15 is 0 Å². The summed E-state index contributed by atoms with van der Waals surface area (Å²) in [6.07, 6.45) is 2.91. The van der Waals surface area contributed by atoms with Crippen molar-refractivity contribution in [2.45, 2.75) is 52.0 Å². The molecule has 0 bridgehead atoms. The fourth-order valence-electron chi connectivity index (χ4n) is 4.60. The van der Waals surface area contributed by atoms with Crippen LogP contribution in [0.1, 0.15) is 51.4 Å². The lowest BCUT2D eigenvalue weighted by Crippen LogP contribution is -2.35. The van der Waals surface area contributed by atoms with Gasteiger partial charge in [0, 0.05) is 5.30 Å². The third kappa shape index (κ3) is 4.16. The van der Waals surface area contributed by atoms with Gasteiger partial charge in [0.1, 0.15) is 0 Å². The van der Waals surface area contributed by atoms with Gasteiger partial charge in [0.05, 0.1) is 6.10 Å². The molecule has 1 saturated carbocycles. The molecule has 2 aromatic carbocycles. The highest BCUT2D eigenvalue weighted by atomic mass is 31.2. The molecule has 0 amide bonds.